The minimum Gasteiger partial charge on any atom is -0.497 e. The monoisotopic (exact) mass is 515 g/mol. The van der Waals surface area contributed by atoms with Gasteiger partial charge in [0.2, 0.25) is 0 Å². The van der Waals surface area contributed by atoms with E-state index in [1.165, 1.54) is 0 Å². The number of ether oxygens (including phenoxy) is 2. The third-order valence-electron chi connectivity index (χ3n) is 6.44. The van der Waals surface area contributed by atoms with Gasteiger partial charge in [0.15, 0.2) is 11.4 Å². The maximum absolute atomic E-state index is 13.7. The molecule has 0 bridgehead atoms. The smallest absolute Gasteiger partial charge is 0.343 e. The molecule has 0 fully saturated rings. The highest BCUT2D eigenvalue weighted by molar-refractivity contribution is 6.07. The minimum atomic E-state index is -0.751. The molecule has 8 nitrogen and oxygen atoms in total. The molecule has 198 valence electrons. The van der Waals surface area contributed by atoms with E-state index < -0.39 is 18.0 Å². The molecule has 0 spiro atoms. The SMILES string of the molecule is CCN(CC)CC(O)CNC(=O)c1c(OC(=O)c2ccc(OC)cc2)c2ccccc2n1-c1ccccc1. The van der Waals surface area contributed by atoms with Gasteiger partial charge in [0.1, 0.15) is 5.75 Å². The molecule has 1 amide bonds. The molecule has 1 aromatic heterocycles. The van der Waals surface area contributed by atoms with E-state index in [1.54, 1.807) is 35.9 Å². The fourth-order valence-corrected chi connectivity index (χ4v) is 4.38. The Morgan fingerprint density at radius 1 is 0.947 bits per heavy atom. The van der Waals surface area contributed by atoms with Crippen LogP contribution in [0.2, 0.25) is 0 Å². The lowest BCUT2D eigenvalue weighted by Gasteiger charge is -2.22. The van der Waals surface area contributed by atoms with Crippen LogP contribution in [-0.2, 0) is 0 Å². The number of hydrogen-bond donors (Lipinski definition) is 2. The lowest BCUT2D eigenvalue weighted by atomic mass is 10.2. The molecular weight excluding hydrogens is 482 g/mol. The quantitative estimate of drug-likeness (QED) is 0.290. The molecule has 1 heterocycles. The van der Waals surface area contributed by atoms with Gasteiger partial charge in [-0.05, 0) is 61.6 Å². The number of methoxy groups -OCH3 is 1. The molecular formula is C30H33N3O5. The van der Waals surface area contributed by atoms with Crippen LogP contribution >= 0.6 is 0 Å². The van der Waals surface area contributed by atoms with Crippen molar-refractivity contribution in [1.82, 2.24) is 14.8 Å². The summed E-state index contributed by atoms with van der Waals surface area (Å²) in [6, 6.07) is 23.4. The number of likely N-dealkylation sites (N-methyl/N-ethyl adjacent to an activating group) is 1. The second-order valence-corrected chi connectivity index (χ2v) is 8.83. The van der Waals surface area contributed by atoms with Crippen molar-refractivity contribution < 1.29 is 24.2 Å². The van der Waals surface area contributed by atoms with Gasteiger partial charge in [0.25, 0.3) is 5.91 Å². The van der Waals surface area contributed by atoms with Crippen LogP contribution in [0.1, 0.15) is 34.7 Å². The van der Waals surface area contributed by atoms with Crippen LogP contribution < -0.4 is 14.8 Å². The summed E-state index contributed by atoms with van der Waals surface area (Å²) in [4.78, 5) is 29.0. The number of amides is 1. The van der Waals surface area contributed by atoms with Crippen molar-refractivity contribution in [3.63, 3.8) is 0 Å². The van der Waals surface area contributed by atoms with Crippen LogP contribution in [0.4, 0.5) is 0 Å². The Labute approximate surface area is 222 Å². The highest BCUT2D eigenvalue weighted by Crippen LogP contribution is 2.36. The molecule has 3 aromatic carbocycles. The number of aromatic nitrogens is 1. The number of esters is 1. The number of aliphatic hydroxyl groups is 1. The summed E-state index contributed by atoms with van der Waals surface area (Å²) in [5.74, 6) is -0.285. The molecule has 0 radical (unpaired) electrons. The standard InChI is InChI=1S/C30H33N3O5/c1-4-32(5-2)20-23(34)19-31-29(35)27-28(38-30(36)21-15-17-24(37-3)18-16-21)25-13-9-10-14-26(25)33(27)22-11-7-6-8-12-22/h6-18,23,34H,4-5,19-20H2,1-3H3,(H,31,35). The predicted octanol–water partition coefficient (Wildman–Crippen LogP) is 4.29. The van der Waals surface area contributed by atoms with Crippen molar-refractivity contribution in [2.75, 3.05) is 33.3 Å². The largest absolute Gasteiger partial charge is 0.497 e. The van der Waals surface area contributed by atoms with E-state index in [0.717, 1.165) is 18.8 Å². The van der Waals surface area contributed by atoms with E-state index in [9.17, 15) is 14.7 Å². The first-order chi connectivity index (χ1) is 18.5. The molecule has 1 unspecified atom stereocenters. The number of hydrogen-bond acceptors (Lipinski definition) is 6. The lowest BCUT2D eigenvalue weighted by Crippen LogP contribution is -2.40. The van der Waals surface area contributed by atoms with Gasteiger partial charge >= 0.3 is 5.97 Å². The van der Waals surface area contributed by atoms with Gasteiger partial charge < -0.3 is 29.4 Å². The Morgan fingerprint density at radius 3 is 2.26 bits per heavy atom. The molecule has 38 heavy (non-hydrogen) atoms. The van der Waals surface area contributed by atoms with Gasteiger partial charge in [-0.3, -0.25) is 4.79 Å². The van der Waals surface area contributed by atoms with Crippen LogP contribution in [0.5, 0.6) is 11.5 Å². The number of carbonyl (C=O) groups is 2. The van der Waals surface area contributed by atoms with Gasteiger partial charge in [0, 0.05) is 24.2 Å². The first-order valence-electron chi connectivity index (χ1n) is 12.7. The molecule has 0 aliphatic carbocycles. The number of rotatable bonds is 11. The summed E-state index contributed by atoms with van der Waals surface area (Å²) in [5.41, 5.74) is 1.95. The van der Waals surface area contributed by atoms with Gasteiger partial charge in [-0.2, -0.15) is 0 Å². The Kier molecular flexibility index (Phi) is 8.78. The number of nitrogens with zero attached hydrogens (tertiary/aromatic N) is 2. The Bertz CT molecular complexity index is 1380. The van der Waals surface area contributed by atoms with Crippen molar-refractivity contribution in [3.8, 4) is 17.2 Å². The summed E-state index contributed by atoms with van der Waals surface area (Å²) < 4.78 is 12.9. The normalized spacial score (nSPS) is 11.9. The van der Waals surface area contributed by atoms with E-state index in [1.807, 2.05) is 68.4 Å². The Morgan fingerprint density at radius 2 is 1.61 bits per heavy atom. The number of para-hydroxylation sites is 2. The zero-order chi connectivity index (χ0) is 27.1. The van der Waals surface area contributed by atoms with Crippen LogP contribution in [-0.4, -0.2) is 65.8 Å². The second kappa shape index (κ2) is 12.4. The van der Waals surface area contributed by atoms with Gasteiger partial charge in [-0.25, -0.2) is 4.79 Å². The van der Waals surface area contributed by atoms with E-state index in [2.05, 4.69) is 10.2 Å². The summed E-state index contributed by atoms with van der Waals surface area (Å²) in [6.45, 7) is 6.14. The maximum Gasteiger partial charge on any atom is 0.343 e. The maximum atomic E-state index is 13.7. The summed E-state index contributed by atoms with van der Waals surface area (Å²) in [7, 11) is 1.55. The lowest BCUT2D eigenvalue weighted by molar-refractivity contribution is 0.0732. The minimum absolute atomic E-state index is 0.0531. The van der Waals surface area contributed by atoms with E-state index >= 15 is 0 Å². The average Bonchev–Trinajstić information content (AvgIpc) is 3.29. The van der Waals surface area contributed by atoms with Crippen LogP contribution in [0, 0.1) is 0 Å². The number of fused-ring (bicyclic) bond motifs is 1. The summed E-state index contributed by atoms with van der Waals surface area (Å²) in [5, 5.41) is 14.0. The predicted molar refractivity (Wildman–Crippen MR) is 147 cm³/mol. The molecule has 2 N–H and O–H groups in total. The van der Waals surface area contributed by atoms with Gasteiger partial charge in [-0.1, -0.05) is 44.2 Å². The zero-order valence-corrected chi connectivity index (χ0v) is 21.9. The fourth-order valence-electron chi connectivity index (χ4n) is 4.38. The zero-order valence-electron chi connectivity index (χ0n) is 21.9. The molecule has 1 atom stereocenters. The van der Waals surface area contributed by atoms with Crippen molar-refractivity contribution in [3.05, 3.63) is 90.1 Å². The van der Waals surface area contributed by atoms with Crippen LogP contribution in [0.3, 0.4) is 0 Å². The topological polar surface area (TPSA) is 93.0 Å². The van der Waals surface area contributed by atoms with Crippen molar-refractivity contribution in [2.24, 2.45) is 0 Å². The number of carbonyl (C=O) groups excluding carboxylic acids is 2. The van der Waals surface area contributed by atoms with E-state index in [4.69, 9.17) is 9.47 Å². The van der Waals surface area contributed by atoms with Gasteiger partial charge in [0.05, 0.1) is 24.3 Å². The number of nitrogens with one attached hydrogen (secondary N) is 1. The molecule has 0 saturated carbocycles. The highest BCUT2D eigenvalue weighted by atomic mass is 16.5. The van der Waals surface area contributed by atoms with Crippen LogP contribution in [0.15, 0.2) is 78.9 Å². The third kappa shape index (κ3) is 5.88. The molecule has 8 heteroatoms. The summed E-state index contributed by atoms with van der Waals surface area (Å²) in [6.07, 6.45) is -0.751. The van der Waals surface area contributed by atoms with Crippen molar-refractivity contribution in [1.29, 1.82) is 0 Å². The molecule has 0 aliphatic rings. The first kappa shape index (κ1) is 26.9. The molecule has 4 rings (SSSR count). The first-order valence-corrected chi connectivity index (χ1v) is 12.7. The number of aliphatic hydroxyl groups excluding tert-OH is 1. The van der Waals surface area contributed by atoms with Crippen molar-refractivity contribution >= 4 is 22.8 Å². The number of benzene rings is 3. The molecule has 0 aliphatic heterocycles. The summed E-state index contributed by atoms with van der Waals surface area (Å²) >= 11 is 0. The molecule has 0 saturated heterocycles. The van der Waals surface area contributed by atoms with Gasteiger partial charge in [-0.15, -0.1) is 0 Å². The Hall–Kier alpha value is -4.14. The third-order valence-corrected chi connectivity index (χ3v) is 6.44. The van der Waals surface area contributed by atoms with Crippen LogP contribution in [0.25, 0.3) is 16.6 Å². The van der Waals surface area contributed by atoms with Crippen molar-refractivity contribution in [2.45, 2.75) is 20.0 Å². The van der Waals surface area contributed by atoms with E-state index in [0.29, 0.717) is 28.8 Å². The fraction of sp³-hybridized carbons (Fsp3) is 0.267. The second-order valence-electron chi connectivity index (χ2n) is 8.83. The van der Waals surface area contributed by atoms with E-state index in [-0.39, 0.29) is 18.0 Å². The molecule has 4 aromatic rings. The highest BCUT2D eigenvalue weighted by Gasteiger charge is 2.27. The Balaban J connectivity index is 1.74. The average molecular weight is 516 g/mol.